The summed E-state index contributed by atoms with van der Waals surface area (Å²) >= 11 is 3.61. The lowest BCUT2D eigenvalue weighted by Gasteiger charge is -2.32. The maximum atomic E-state index is 11.0. The van der Waals surface area contributed by atoms with Gasteiger partial charge in [-0.1, -0.05) is 13.0 Å². The first-order valence-electron chi connectivity index (χ1n) is 6.29. The number of carboxylic acids is 1. The number of hydrogen-bond donors (Lipinski definition) is 2. The number of thioether (sulfide) groups is 1. The van der Waals surface area contributed by atoms with Crippen molar-refractivity contribution >= 4 is 29.1 Å². The fourth-order valence-corrected chi connectivity index (χ4v) is 4.25. The summed E-state index contributed by atoms with van der Waals surface area (Å²) in [5, 5.41) is 15.2. The molecule has 1 aliphatic rings. The van der Waals surface area contributed by atoms with E-state index in [1.165, 1.54) is 12.2 Å². The van der Waals surface area contributed by atoms with Crippen molar-refractivity contribution in [3.63, 3.8) is 0 Å². The van der Waals surface area contributed by atoms with Crippen LogP contribution in [0.5, 0.6) is 0 Å². The van der Waals surface area contributed by atoms with E-state index in [-0.39, 0.29) is 12.5 Å². The average Bonchev–Trinajstić information content (AvgIpc) is 2.84. The molecule has 2 rings (SSSR count). The molecular weight excluding hydrogens is 266 g/mol. The minimum atomic E-state index is -0.739. The van der Waals surface area contributed by atoms with E-state index < -0.39 is 5.97 Å². The fourth-order valence-electron chi connectivity index (χ4n) is 2.31. The Morgan fingerprint density at radius 3 is 3.11 bits per heavy atom. The molecule has 2 N–H and O–H groups in total. The third-order valence-electron chi connectivity index (χ3n) is 3.29. The summed E-state index contributed by atoms with van der Waals surface area (Å²) in [6.45, 7) is 2.23. The summed E-state index contributed by atoms with van der Waals surface area (Å²) < 4.78 is 0. The number of thiophene rings is 1. The largest absolute Gasteiger partial charge is 0.481 e. The molecule has 0 spiro atoms. The first kappa shape index (κ1) is 13.9. The summed E-state index contributed by atoms with van der Waals surface area (Å²) in [6.07, 6.45) is 2.53. The SMILES string of the molecule is CC1SCCCC1NC(CC(=O)O)c1cccs1. The molecule has 0 radical (unpaired) electrons. The molecule has 1 aromatic rings. The zero-order chi connectivity index (χ0) is 13.0. The monoisotopic (exact) mass is 285 g/mol. The maximum Gasteiger partial charge on any atom is 0.305 e. The van der Waals surface area contributed by atoms with Crippen LogP contribution in [0.2, 0.25) is 0 Å². The van der Waals surface area contributed by atoms with E-state index in [0.29, 0.717) is 11.3 Å². The zero-order valence-corrected chi connectivity index (χ0v) is 12.1. The van der Waals surface area contributed by atoms with Crippen LogP contribution < -0.4 is 5.32 Å². The van der Waals surface area contributed by atoms with Gasteiger partial charge in [0.25, 0.3) is 0 Å². The quantitative estimate of drug-likeness (QED) is 0.872. The maximum absolute atomic E-state index is 11.0. The van der Waals surface area contributed by atoms with E-state index in [2.05, 4.69) is 12.2 Å². The van der Waals surface area contributed by atoms with E-state index >= 15 is 0 Å². The summed E-state index contributed by atoms with van der Waals surface area (Å²) in [6, 6.07) is 4.38. The van der Waals surface area contributed by atoms with Crippen LogP contribution in [0.4, 0.5) is 0 Å². The lowest BCUT2D eigenvalue weighted by molar-refractivity contribution is -0.137. The Bertz CT molecular complexity index is 380. The second-order valence-electron chi connectivity index (χ2n) is 4.66. The van der Waals surface area contributed by atoms with E-state index in [9.17, 15) is 4.79 Å². The van der Waals surface area contributed by atoms with Crippen LogP contribution in [0.3, 0.4) is 0 Å². The van der Waals surface area contributed by atoms with Gasteiger partial charge in [-0.05, 0) is 30.0 Å². The Hall–Kier alpha value is -0.520. The van der Waals surface area contributed by atoms with Gasteiger partial charge in [-0.25, -0.2) is 0 Å². The molecule has 18 heavy (non-hydrogen) atoms. The number of nitrogens with one attached hydrogen (secondary N) is 1. The third-order valence-corrected chi connectivity index (χ3v) is 5.65. The Morgan fingerprint density at radius 1 is 1.67 bits per heavy atom. The number of carbonyl (C=O) groups is 1. The van der Waals surface area contributed by atoms with Crippen LogP contribution in [0.25, 0.3) is 0 Å². The van der Waals surface area contributed by atoms with Gasteiger partial charge in [-0.2, -0.15) is 11.8 Å². The highest BCUT2D eigenvalue weighted by atomic mass is 32.2. The van der Waals surface area contributed by atoms with Crippen molar-refractivity contribution in [2.75, 3.05) is 5.75 Å². The summed E-state index contributed by atoms with van der Waals surface area (Å²) in [7, 11) is 0. The van der Waals surface area contributed by atoms with E-state index in [1.807, 2.05) is 29.3 Å². The van der Waals surface area contributed by atoms with Gasteiger partial charge < -0.3 is 10.4 Å². The van der Waals surface area contributed by atoms with Gasteiger partial charge in [0.1, 0.15) is 0 Å². The lowest BCUT2D eigenvalue weighted by atomic mass is 10.0. The Kier molecular flexibility index (Phi) is 5.09. The average molecular weight is 285 g/mol. The normalized spacial score (nSPS) is 25.8. The van der Waals surface area contributed by atoms with Gasteiger partial charge in [0.05, 0.1) is 12.5 Å². The highest BCUT2D eigenvalue weighted by molar-refractivity contribution is 7.99. The van der Waals surface area contributed by atoms with Crippen molar-refractivity contribution in [3.8, 4) is 0 Å². The van der Waals surface area contributed by atoms with Gasteiger partial charge >= 0.3 is 5.97 Å². The smallest absolute Gasteiger partial charge is 0.305 e. The second kappa shape index (κ2) is 6.59. The highest BCUT2D eigenvalue weighted by Crippen LogP contribution is 2.29. The predicted molar refractivity (Wildman–Crippen MR) is 77.4 cm³/mol. The molecule has 1 fully saturated rings. The van der Waals surface area contributed by atoms with Crippen molar-refractivity contribution in [2.24, 2.45) is 0 Å². The summed E-state index contributed by atoms with van der Waals surface area (Å²) in [5.74, 6) is 0.485. The number of hydrogen-bond acceptors (Lipinski definition) is 4. The molecule has 0 saturated carbocycles. The number of aliphatic carboxylic acids is 1. The van der Waals surface area contributed by atoms with E-state index in [1.54, 1.807) is 11.3 Å². The lowest BCUT2D eigenvalue weighted by Crippen LogP contribution is -2.41. The standard InChI is InChI=1S/C13H19NO2S2/c1-9-10(4-2-6-17-9)14-11(8-13(15)16)12-5-3-7-18-12/h3,5,7,9-11,14H,2,4,6,8H2,1H3,(H,15,16). The van der Waals surface area contributed by atoms with Gasteiger partial charge in [0.15, 0.2) is 0 Å². The summed E-state index contributed by atoms with van der Waals surface area (Å²) in [4.78, 5) is 12.1. The molecule has 1 saturated heterocycles. The van der Waals surface area contributed by atoms with Crippen LogP contribution in [0.15, 0.2) is 17.5 Å². The minimum absolute atomic E-state index is 0.0475. The predicted octanol–water partition coefficient (Wildman–Crippen LogP) is 3.14. The highest BCUT2D eigenvalue weighted by Gasteiger charge is 2.26. The Morgan fingerprint density at radius 2 is 2.50 bits per heavy atom. The Balaban J connectivity index is 2.02. The number of carboxylic acid groups (broad SMARTS) is 1. The van der Waals surface area contributed by atoms with Gasteiger partial charge in [0.2, 0.25) is 0 Å². The van der Waals surface area contributed by atoms with Gasteiger partial charge in [-0.3, -0.25) is 4.79 Å². The van der Waals surface area contributed by atoms with Crippen molar-refractivity contribution in [2.45, 2.75) is 43.5 Å². The van der Waals surface area contributed by atoms with Crippen molar-refractivity contribution in [1.82, 2.24) is 5.32 Å². The topological polar surface area (TPSA) is 49.3 Å². The van der Waals surface area contributed by atoms with Crippen LogP contribution in [-0.2, 0) is 4.79 Å². The Labute approximate surface area is 116 Å². The molecule has 1 aliphatic heterocycles. The van der Waals surface area contributed by atoms with Crippen LogP contribution in [-0.4, -0.2) is 28.1 Å². The molecule has 0 amide bonds. The molecular formula is C13H19NO2S2. The molecule has 3 atom stereocenters. The van der Waals surface area contributed by atoms with Gasteiger partial charge in [-0.15, -0.1) is 11.3 Å². The zero-order valence-electron chi connectivity index (χ0n) is 10.5. The van der Waals surface area contributed by atoms with E-state index in [0.717, 1.165) is 11.3 Å². The van der Waals surface area contributed by atoms with Crippen molar-refractivity contribution in [3.05, 3.63) is 22.4 Å². The first-order valence-corrected chi connectivity index (χ1v) is 8.22. The van der Waals surface area contributed by atoms with Crippen LogP contribution >= 0.6 is 23.1 Å². The molecule has 3 nitrogen and oxygen atoms in total. The third kappa shape index (κ3) is 3.73. The molecule has 0 bridgehead atoms. The molecule has 1 aromatic heterocycles. The molecule has 2 heterocycles. The molecule has 100 valence electrons. The second-order valence-corrected chi connectivity index (χ2v) is 7.12. The minimum Gasteiger partial charge on any atom is -0.481 e. The molecule has 3 unspecified atom stereocenters. The first-order chi connectivity index (χ1) is 8.66. The van der Waals surface area contributed by atoms with Crippen LogP contribution in [0.1, 0.15) is 37.1 Å². The van der Waals surface area contributed by atoms with Crippen molar-refractivity contribution in [1.29, 1.82) is 0 Å². The molecule has 5 heteroatoms. The van der Waals surface area contributed by atoms with Crippen molar-refractivity contribution < 1.29 is 9.90 Å². The fraction of sp³-hybridized carbons (Fsp3) is 0.615. The van der Waals surface area contributed by atoms with Crippen LogP contribution in [0, 0.1) is 0 Å². The van der Waals surface area contributed by atoms with Gasteiger partial charge in [0, 0.05) is 16.2 Å². The molecule has 0 aliphatic carbocycles. The summed E-state index contributed by atoms with van der Waals surface area (Å²) in [5.41, 5.74) is 0. The van der Waals surface area contributed by atoms with E-state index in [4.69, 9.17) is 5.11 Å². The number of rotatable bonds is 5. The molecule has 0 aromatic carbocycles.